The number of rotatable bonds is 2. The predicted octanol–water partition coefficient (Wildman–Crippen LogP) is 3.35. The zero-order valence-electron chi connectivity index (χ0n) is 8.19. The minimum Gasteiger partial charge on any atom is -0.238 e. The number of nitriles is 1. The summed E-state index contributed by atoms with van der Waals surface area (Å²) in [5.74, 6) is 0. The van der Waals surface area contributed by atoms with Gasteiger partial charge in [0, 0.05) is 6.20 Å². The molecule has 0 fully saturated rings. The number of nitrogens with zero attached hydrogens (tertiary/aromatic N) is 3. The third-order valence-corrected chi connectivity index (χ3v) is 2.81. The largest absolute Gasteiger partial charge is 0.238 e. The van der Waals surface area contributed by atoms with Crippen molar-refractivity contribution in [2.24, 2.45) is 0 Å². The standard InChI is InChI=1S/C11H7BrClN3/c12-9-6-15-16(7-9)11-2-1-8(3-4-14)5-10(11)13/h1-2,5-7H,3H2. The van der Waals surface area contributed by atoms with E-state index in [-0.39, 0.29) is 0 Å². The van der Waals surface area contributed by atoms with Crippen molar-refractivity contribution in [1.29, 1.82) is 5.26 Å². The minimum atomic E-state index is 0.364. The molecule has 0 N–H and O–H groups in total. The highest BCUT2D eigenvalue weighted by molar-refractivity contribution is 9.10. The molecule has 0 radical (unpaired) electrons. The second-order valence-corrected chi connectivity index (χ2v) is 4.55. The lowest BCUT2D eigenvalue weighted by Gasteiger charge is -2.05. The first kappa shape index (κ1) is 11.2. The van der Waals surface area contributed by atoms with Crippen LogP contribution in [0.25, 0.3) is 5.69 Å². The van der Waals surface area contributed by atoms with Gasteiger partial charge in [-0.3, -0.25) is 0 Å². The number of benzene rings is 1. The van der Waals surface area contributed by atoms with E-state index in [9.17, 15) is 0 Å². The van der Waals surface area contributed by atoms with Crippen molar-refractivity contribution in [3.05, 3.63) is 45.7 Å². The topological polar surface area (TPSA) is 41.6 Å². The smallest absolute Gasteiger partial charge is 0.0832 e. The van der Waals surface area contributed by atoms with Gasteiger partial charge in [-0.1, -0.05) is 17.7 Å². The molecule has 0 atom stereocenters. The van der Waals surface area contributed by atoms with Crippen LogP contribution in [0.4, 0.5) is 0 Å². The summed E-state index contributed by atoms with van der Waals surface area (Å²) in [5.41, 5.74) is 1.71. The molecule has 16 heavy (non-hydrogen) atoms. The monoisotopic (exact) mass is 295 g/mol. The van der Waals surface area contributed by atoms with Crippen LogP contribution in [0.15, 0.2) is 35.1 Å². The van der Waals surface area contributed by atoms with Crippen molar-refractivity contribution in [2.45, 2.75) is 6.42 Å². The van der Waals surface area contributed by atoms with Crippen LogP contribution in [-0.2, 0) is 6.42 Å². The van der Waals surface area contributed by atoms with Gasteiger partial charge in [0.25, 0.3) is 0 Å². The molecule has 2 rings (SSSR count). The number of halogens is 2. The van der Waals surface area contributed by atoms with Crippen LogP contribution < -0.4 is 0 Å². The van der Waals surface area contributed by atoms with Crippen molar-refractivity contribution in [3.63, 3.8) is 0 Å². The Hall–Kier alpha value is -1.31. The van der Waals surface area contributed by atoms with E-state index in [1.807, 2.05) is 18.3 Å². The molecular formula is C11H7BrClN3. The summed E-state index contributed by atoms with van der Waals surface area (Å²) in [4.78, 5) is 0. The quantitative estimate of drug-likeness (QED) is 0.853. The first-order valence-electron chi connectivity index (χ1n) is 4.56. The van der Waals surface area contributed by atoms with Gasteiger partial charge in [-0.15, -0.1) is 0 Å². The SMILES string of the molecule is N#CCc1ccc(-n2cc(Br)cn2)c(Cl)c1. The van der Waals surface area contributed by atoms with Crippen LogP contribution in [0, 0.1) is 11.3 Å². The highest BCUT2D eigenvalue weighted by Gasteiger charge is 2.05. The Kier molecular flexibility index (Phi) is 3.28. The molecule has 0 spiro atoms. The van der Waals surface area contributed by atoms with Gasteiger partial charge in [0.15, 0.2) is 0 Å². The van der Waals surface area contributed by atoms with E-state index in [4.69, 9.17) is 16.9 Å². The van der Waals surface area contributed by atoms with Gasteiger partial charge in [0.1, 0.15) is 0 Å². The van der Waals surface area contributed by atoms with Crippen LogP contribution in [0.1, 0.15) is 5.56 Å². The lowest BCUT2D eigenvalue weighted by atomic mass is 10.1. The predicted molar refractivity (Wildman–Crippen MR) is 65.6 cm³/mol. The summed E-state index contributed by atoms with van der Waals surface area (Å²) >= 11 is 9.45. The molecule has 0 aliphatic rings. The first-order valence-corrected chi connectivity index (χ1v) is 5.74. The molecule has 2 aromatic rings. The van der Waals surface area contributed by atoms with Crippen molar-refractivity contribution in [2.75, 3.05) is 0 Å². The van der Waals surface area contributed by atoms with Crippen molar-refractivity contribution in [1.82, 2.24) is 9.78 Å². The molecule has 3 nitrogen and oxygen atoms in total. The van der Waals surface area contributed by atoms with E-state index >= 15 is 0 Å². The Morgan fingerprint density at radius 2 is 2.31 bits per heavy atom. The molecule has 80 valence electrons. The average Bonchev–Trinajstić information content (AvgIpc) is 2.65. The summed E-state index contributed by atoms with van der Waals surface area (Å²) in [6.45, 7) is 0. The van der Waals surface area contributed by atoms with E-state index in [2.05, 4.69) is 27.1 Å². The molecule has 0 amide bonds. The molecular weight excluding hydrogens is 289 g/mol. The average molecular weight is 297 g/mol. The molecule has 1 heterocycles. The van der Waals surface area contributed by atoms with Crippen molar-refractivity contribution in [3.8, 4) is 11.8 Å². The second-order valence-electron chi connectivity index (χ2n) is 3.22. The fourth-order valence-corrected chi connectivity index (χ4v) is 1.95. The maximum atomic E-state index is 8.58. The summed E-state index contributed by atoms with van der Waals surface area (Å²) in [6.07, 6.45) is 3.88. The van der Waals surface area contributed by atoms with E-state index < -0.39 is 0 Å². The number of aromatic nitrogens is 2. The zero-order chi connectivity index (χ0) is 11.5. The second kappa shape index (κ2) is 4.69. The van der Waals surface area contributed by atoms with Crippen LogP contribution in [0.3, 0.4) is 0 Å². The van der Waals surface area contributed by atoms with Gasteiger partial charge in [-0.05, 0) is 33.6 Å². The number of hydrogen-bond acceptors (Lipinski definition) is 2. The fraction of sp³-hybridized carbons (Fsp3) is 0.0909. The first-order chi connectivity index (χ1) is 7.70. The third-order valence-electron chi connectivity index (χ3n) is 2.09. The van der Waals surface area contributed by atoms with E-state index in [0.29, 0.717) is 11.4 Å². The third kappa shape index (κ3) is 2.26. The Balaban J connectivity index is 2.40. The summed E-state index contributed by atoms with van der Waals surface area (Å²) < 4.78 is 2.58. The normalized spacial score (nSPS) is 10.1. The summed E-state index contributed by atoms with van der Waals surface area (Å²) in [7, 11) is 0. The Bertz CT molecular complexity index is 557. The van der Waals surface area contributed by atoms with Gasteiger partial charge in [-0.2, -0.15) is 10.4 Å². The van der Waals surface area contributed by atoms with Gasteiger partial charge in [0.05, 0.1) is 33.9 Å². The zero-order valence-corrected chi connectivity index (χ0v) is 10.5. The van der Waals surface area contributed by atoms with Gasteiger partial charge >= 0.3 is 0 Å². The molecule has 0 unspecified atom stereocenters. The number of hydrogen-bond donors (Lipinski definition) is 0. The van der Waals surface area contributed by atoms with E-state index in [1.54, 1.807) is 16.9 Å². The molecule has 1 aromatic heterocycles. The van der Waals surface area contributed by atoms with Crippen LogP contribution >= 0.6 is 27.5 Å². The van der Waals surface area contributed by atoms with Crippen LogP contribution in [-0.4, -0.2) is 9.78 Å². The molecule has 1 aromatic carbocycles. The van der Waals surface area contributed by atoms with E-state index in [1.165, 1.54) is 0 Å². The van der Waals surface area contributed by atoms with Gasteiger partial charge in [-0.25, -0.2) is 4.68 Å². The highest BCUT2D eigenvalue weighted by Crippen LogP contribution is 2.22. The van der Waals surface area contributed by atoms with Crippen molar-refractivity contribution >= 4 is 27.5 Å². The highest BCUT2D eigenvalue weighted by atomic mass is 79.9. The van der Waals surface area contributed by atoms with Crippen molar-refractivity contribution < 1.29 is 0 Å². The molecule has 0 aliphatic heterocycles. The molecule has 0 saturated heterocycles. The van der Waals surface area contributed by atoms with Gasteiger partial charge < -0.3 is 0 Å². The van der Waals surface area contributed by atoms with Crippen LogP contribution in [0.2, 0.25) is 5.02 Å². The summed E-state index contributed by atoms with van der Waals surface area (Å²) in [6, 6.07) is 7.60. The van der Waals surface area contributed by atoms with Gasteiger partial charge in [0.2, 0.25) is 0 Å². The lowest BCUT2D eigenvalue weighted by Crippen LogP contribution is -1.96. The molecule has 0 aliphatic carbocycles. The summed E-state index contributed by atoms with van der Waals surface area (Å²) in [5, 5.41) is 13.3. The minimum absolute atomic E-state index is 0.364. The fourth-order valence-electron chi connectivity index (χ4n) is 1.37. The molecule has 0 saturated carbocycles. The van der Waals surface area contributed by atoms with E-state index in [0.717, 1.165) is 15.7 Å². The molecule has 0 bridgehead atoms. The van der Waals surface area contributed by atoms with Crippen LogP contribution in [0.5, 0.6) is 0 Å². The Morgan fingerprint density at radius 3 is 2.88 bits per heavy atom. The Labute approximate surface area is 106 Å². The molecule has 5 heteroatoms. The maximum Gasteiger partial charge on any atom is 0.0832 e. The Morgan fingerprint density at radius 1 is 1.50 bits per heavy atom. The maximum absolute atomic E-state index is 8.58. The lowest BCUT2D eigenvalue weighted by molar-refractivity contribution is 0.879.